The summed E-state index contributed by atoms with van der Waals surface area (Å²) in [6, 6.07) is 37.2. The SMILES string of the molecule is CCC(C)(C)C(=O)OC1(CC)C2CC3CC(C2)CC1C3.CCC(C)(C)C(=O)OC12CC3CC(CC(O)(C3)C1)C2.CCC(C)(C)C(=O)OC1CCOC1=O.CCC(C)(C)C(=O)Oc1ccc([S+](c2ccccc2)c2ccccc2)cc1.O=C(O)c1ccccc1. The summed E-state index contributed by atoms with van der Waals surface area (Å²) in [5.41, 5.74) is -2.46. The lowest BCUT2D eigenvalue weighted by Crippen LogP contribution is -2.61. The van der Waals surface area contributed by atoms with Gasteiger partial charge in [-0.25, -0.2) is 9.59 Å². The third kappa shape index (κ3) is 17.5. The Morgan fingerprint density at radius 3 is 1.35 bits per heavy atom. The summed E-state index contributed by atoms with van der Waals surface area (Å²) >= 11 is 0. The van der Waals surface area contributed by atoms with Gasteiger partial charge in [0.2, 0.25) is 6.10 Å². The highest BCUT2D eigenvalue weighted by atomic mass is 32.2. The number of carboxylic acid groups (broad SMARTS) is 1. The van der Waals surface area contributed by atoms with Crippen molar-refractivity contribution >= 4 is 46.7 Å². The van der Waals surface area contributed by atoms with Crippen molar-refractivity contribution < 1.29 is 62.7 Å². The molecule has 8 aliphatic carbocycles. The van der Waals surface area contributed by atoms with Crippen molar-refractivity contribution in [2.45, 2.75) is 237 Å². The van der Waals surface area contributed by atoms with Crippen LogP contribution in [0.4, 0.5) is 0 Å². The lowest BCUT2D eigenvalue weighted by molar-refractivity contribution is -0.225. The minimum Gasteiger partial charge on any atom is -0.478 e. The van der Waals surface area contributed by atoms with E-state index in [9.17, 15) is 33.9 Å². The Kier molecular flexibility index (Phi) is 23.4. The van der Waals surface area contributed by atoms with E-state index < -0.39 is 39.9 Å². The fraction of sp³-hybridized carbons (Fsp3) is 0.600. The Morgan fingerprint density at radius 2 is 0.944 bits per heavy atom. The second-order valence-electron chi connectivity index (χ2n) is 29.0. The highest BCUT2D eigenvalue weighted by molar-refractivity contribution is 7.97. The maximum Gasteiger partial charge on any atom is 0.347 e. The zero-order chi connectivity index (χ0) is 65.2. The number of carboxylic acids is 1. The zero-order valence-corrected chi connectivity index (χ0v) is 56.3. The number of esters is 5. The van der Waals surface area contributed by atoms with E-state index >= 15 is 0 Å². The summed E-state index contributed by atoms with van der Waals surface area (Å²) < 4.78 is 27.6. The topological polar surface area (TPSA) is 189 Å². The number of aliphatic hydroxyl groups is 1. The van der Waals surface area contributed by atoms with Crippen LogP contribution in [0.1, 0.15) is 210 Å². The third-order valence-electron chi connectivity index (χ3n) is 20.8. The average Bonchev–Trinajstić information content (AvgIpc) is 0.985. The monoisotopic (exact) mass is 1240 g/mol. The number of rotatable bonds is 17. The highest BCUT2D eigenvalue weighted by Gasteiger charge is 2.61. The molecule has 3 unspecified atom stereocenters. The van der Waals surface area contributed by atoms with Crippen LogP contribution in [0.25, 0.3) is 0 Å². The Morgan fingerprint density at radius 1 is 0.528 bits per heavy atom. The molecule has 8 saturated carbocycles. The van der Waals surface area contributed by atoms with Crippen molar-refractivity contribution in [3.05, 3.63) is 121 Å². The normalized spacial score (nSPS) is 26.9. The summed E-state index contributed by atoms with van der Waals surface area (Å²) in [5, 5.41) is 19.0. The largest absolute Gasteiger partial charge is 0.478 e. The highest BCUT2D eigenvalue weighted by Crippen LogP contribution is 2.62. The van der Waals surface area contributed by atoms with Crippen molar-refractivity contribution in [2.24, 2.45) is 57.2 Å². The molecule has 89 heavy (non-hydrogen) atoms. The summed E-state index contributed by atoms with van der Waals surface area (Å²) in [4.78, 5) is 73.8. The van der Waals surface area contributed by atoms with Gasteiger partial charge in [0, 0.05) is 12.8 Å². The predicted molar refractivity (Wildman–Crippen MR) is 347 cm³/mol. The van der Waals surface area contributed by atoms with E-state index in [1.165, 1.54) is 53.2 Å². The van der Waals surface area contributed by atoms with Crippen molar-refractivity contribution in [3.63, 3.8) is 0 Å². The fourth-order valence-corrected chi connectivity index (χ4v) is 16.2. The number of benzene rings is 4. The number of hydrogen-bond donors (Lipinski definition) is 2. The van der Waals surface area contributed by atoms with Crippen molar-refractivity contribution in [2.75, 3.05) is 6.61 Å². The van der Waals surface area contributed by atoms with Crippen LogP contribution in [0.15, 0.2) is 130 Å². The molecular formula is C75H103O13S+. The summed E-state index contributed by atoms with van der Waals surface area (Å²) in [6.45, 7) is 26.0. The molecule has 13 rings (SSSR count). The second-order valence-corrected chi connectivity index (χ2v) is 31.1. The molecular weight excluding hydrogens is 1140 g/mol. The Labute approximate surface area is 533 Å². The Hall–Kier alpha value is -5.99. The molecule has 9 fully saturated rings. The molecule has 0 radical (unpaired) electrons. The second kappa shape index (κ2) is 29.5. The molecule has 4 aromatic carbocycles. The number of ether oxygens (including phenoxy) is 5. The molecule has 14 heteroatoms. The van der Waals surface area contributed by atoms with Crippen LogP contribution in [0.3, 0.4) is 0 Å². The van der Waals surface area contributed by atoms with Crippen LogP contribution in [0.2, 0.25) is 0 Å². The number of carbonyl (C=O) groups excluding carboxylic acids is 5. The summed E-state index contributed by atoms with van der Waals surface area (Å²) in [7, 11) is -0.195. The first-order valence-corrected chi connectivity index (χ1v) is 34.2. The Bertz CT molecular complexity index is 2920. The van der Waals surface area contributed by atoms with E-state index in [0.29, 0.717) is 60.9 Å². The maximum atomic E-state index is 12.6. The van der Waals surface area contributed by atoms with Gasteiger partial charge in [0.05, 0.1) is 50.3 Å². The van der Waals surface area contributed by atoms with Crippen LogP contribution < -0.4 is 4.74 Å². The average molecular weight is 1240 g/mol. The molecule has 1 aliphatic heterocycles. The van der Waals surface area contributed by atoms with Gasteiger partial charge in [-0.1, -0.05) is 89.2 Å². The third-order valence-corrected chi connectivity index (χ3v) is 23.0. The van der Waals surface area contributed by atoms with Crippen molar-refractivity contribution in [1.82, 2.24) is 0 Å². The van der Waals surface area contributed by atoms with Crippen molar-refractivity contribution in [1.29, 1.82) is 0 Å². The van der Waals surface area contributed by atoms with Gasteiger partial charge in [-0.05, 0) is 248 Å². The minimum absolute atomic E-state index is 0.0364. The molecule has 4 aromatic rings. The van der Waals surface area contributed by atoms with Crippen LogP contribution in [-0.2, 0) is 53.8 Å². The van der Waals surface area contributed by atoms with E-state index in [1.54, 1.807) is 44.2 Å². The van der Waals surface area contributed by atoms with Gasteiger partial charge in [-0.2, -0.15) is 0 Å². The van der Waals surface area contributed by atoms with E-state index in [1.807, 2.05) is 86.6 Å². The molecule has 8 bridgehead atoms. The molecule has 9 aliphatic rings. The first kappa shape index (κ1) is 70.5. The quantitative estimate of drug-likeness (QED) is 0.0440. The summed E-state index contributed by atoms with van der Waals surface area (Å²) in [6.07, 6.45) is 16.2. The molecule has 1 heterocycles. The van der Waals surface area contributed by atoms with Crippen LogP contribution in [0.5, 0.6) is 5.75 Å². The molecule has 0 amide bonds. The smallest absolute Gasteiger partial charge is 0.347 e. The van der Waals surface area contributed by atoms with Gasteiger partial charge >= 0.3 is 35.8 Å². The van der Waals surface area contributed by atoms with Gasteiger partial charge in [0.15, 0.2) is 14.7 Å². The van der Waals surface area contributed by atoms with E-state index in [-0.39, 0.29) is 51.4 Å². The van der Waals surface area contributed by atoms with Crippen molar-refractivity contribution in [3.8, 4) is 5.75 Å². The van der Waals surface area contributed by atoms with E-state index in [0.717, 1.165) is 63.2 Å². The molecule has 2 N–H and O–H groups in total. The first-order valence-electron chi connectivity index (χ1n) is 33.0. The van der Waals surface area contributed by atoms with Gasteiger partial charge in [0.25, 0.3) is 0 Å². The molecule has 0 spiro atoms. The standard InChI is InChI=1S/C24H25O2S.C18H30O2.C16H26O3.C10H16O4.C7H6O2/c1-4-24(2,3)23(25)26-19-15-17-22(18-16-19)27(20-11-7-5-8-12-20)21-13-9-6-10-14-21;1-5-17(3,4)16(19)20-18(6-2)14-8-12-7-13(10-14)11-15(18)9-12;1-4-14(2,3)13(17)19-16-8-11-5-12(9-16)7-15(18,6-11)10-16;1-4-10(2,3)9(12)14-7-5-6-13-8(7)11;8-7(9)6-4-2-1-3-5-6/h5-18H,4H2,1-3H3;12-15H,5-11H2,1-4H3;11-12,18H,4-10H2,1-3H3;7H,4-6H2,1-3H3;1-5H,(H,8,9)/q+1;;;;. The number of carbonyl (C=O) groups is 6. The fourth-order valence-electron chi connectivity index (χ4n) is 14.1. The molecule has 486 valence electrons. The number of cyclic esters (lactones) is 1. The molecule has 0 aromatic heterocycles. The van der Waals surface area contributed by atoms with Gasteiger partial charge in [-0.15, -0.1) is 0 Å². The lowest BCUT2D eigenvalue weighted by Gasteiger charge is -2.60. The lowest BCUT2D eigenvalue weighted by atomic mass is 9.49. The van der Waals surface area contributed by atoms with Gasteiger partial charge < -0.3 is 33.9 Å². The van der Waals surface area contributed by atoms with E-state index in [2.05, 4.69) is 74.5 Å². The van der Waals surface area contributed by atoms with Crippen LogP contribution in [-0.4, -0.2) is 75.5 Å². The van der Waals surface area contributed by atoms with Gasteiger partial charge in [-0.3, -0.25) is 19.2 Å². The molecule has 1 saturated heterocycles. The number of aromatic carboxylic acids is 1. The van der Waals surface area contributed by atoms with Gasteiger partial charge in [0.1, 0.15) is 17.0 Å². The zero-order valence-electron chi connectivity index (χ0n) is 55.5. The predicted octanol–water partition coefficient (Wildman–Crippen LogP) is 16.4. The summed E-state index contributed by atoms with van der Waals surface area (Å²) in [5.74, 6) is 2.97. The number of hydrogen-bond acceptors (Lipinski definition) is 12. The molecule has 3 atom stereocenters. The minimum atomic E-state index is -0.879. The van der Waals surface area contributed by atoms with Crippen LogP contribution in [0, 0.1) is 57.2 Å². The molecule has 13 nitrogen and oxygen atoms in total. The maximum absolute atomic E-state index is 12.6. The van der Waals surface area contributed by atoms with E-state index in [4.69, 9.17) is 28.8 Å². The van der Waals surface area contributed by atoms with Crippen LogP contribution >= 0.6 is 0 Å². The Balaban J connectivity index is 0.000000165. The first-order chi connectivity index (χ1) is 42.0.